The van der Waals surface area contributed by atoms with Crippen LogP contribution in [-0.2, 0) is 4.74 Å². The van der Waals surface area contributed by atoms with Crippen molar-refractivity contribution in [1.29, 1.82) is 0 Å². The smallest absolute Gasteiger partial charge is 0.189 e. The molecular weight excluding hydrogens is 348 g/mol. The van der Waals surface area contributed by atoms with E-state index in [0.29, 0.717) is 5.92 Å². The third-order valence-electron chi connectivity index (χ3n) is 6.05. The summed E-state index contributed by atoms with van der Waals surface area (Å²) in [6, 6.07) is 7.99. The minimum absolute atomic E-state index is 0.123. The second kappa shape index (κ2) is 6.20. The van der Waals surface area contributed by atoms with Crippen LogP contribution < -0.4 is 15.4 Å². The van der Waals surface area contributed by atoms with Gasteiger partial charge in [-0.2, -0.15) is 0 Å². The van der Waals surface area contributed by atoms with Crippen molar-refractivity contribution in [3.63, 3.8) is 0 Å². The van der Waals surface area contributed by atoms with Crippen molar-refractivity contribution < 1.29 is 9.47 Å². The van der Waals surface area contributed by atoms with Crippen LogP contribution >= 0.6 is 11.3 Å². The van der Waals surface area contributed by atoms with Gasteiger partial charge in [0.1, 0.15) is 11.4 Å². The molecule has 0 amide bonds. The second-order valence-corrected chi connectivity index (χ2v) is 8.33. The topological polar surface area (TPSA) is 63.9 Å². The summed E-state index contributed by atoms with van der Waals surface area (Å²) < 4.78 is 11.6. The molecule has 1 aromatic carbocycles. The van der Waals surface area contributed by atoms with Gasteiger partial charge in [0.15, 0.2) is 11.5 Å². The average Bonchev–Trinajstić information content (AvgIpc) is 3.28. The molecule has 6 rings (SSSR count). The maximum atomic E-state index is 6.37. The molecule has 0 aliphatic carbocycles. The number of fused-ring (bicyclic) bond motifs is 2. The van der Waals surface area contributed by atoms with E-state index in [-0.39, 0.29) is 5.60 Å². The summed E-state index contributed by atoms with van der Waals surface area (Å²) in [4.78, 5) is 9.49. The SMILES string of the molecule is COc1ccc(-c2csc(N3CC4(CN5CCC4CC5)OC3N)n2)cc1. The number of nitrogens with two attached hydrogens (primary N) is 1. The molecule has 138 valence electrons. The normalized spacial score (nSPS) is 33.2. The van der Waals surface area contributed by atoms with Gasteiger partial charge in [0.25, 0.3) is 0 Å². The first-order chi connectivity index (χ1) is 12.7. The maximum Gasteiger partial charge on any atom is 0.189 e. The van der Waals surface area contributed by atoms with E-state index in [0.717, 1.165) is 35.2 Å². The fourth-order valence-corrected chi connectivity index (χ4v) is 5.48. The van der Waals surface area contributed by atoms with Crippen LogP contribution in [0.5, 0.6) is 5.75 Å². The Labute approximate surface area is 157 Å². The highest BCUT2D eigenvalue weighted by atomic mass is 32.1. The Bertz CT molecular complexity index is 787. The van der Waals surface area contributed by atoms with Gasteiger partial charge in [-0.05, 0) is 56.1 Å². The first-order valence-corrected chi connectivity index (χ1v) is 10.1. The van der Waals surface area contributed by atoms with Crippen molar-refractivity contribution in [2.45, 2.75) is 24.8 Å². The summed E-state index contributed by atoms with van der Waals surface area (Å²) in [5, 5.41) is 3.03. The number of aromatic nitrogens is 1. The summed E-state index contributed by atoms with van der Waals surface area (Å²) >= 11 is 1.63. The standard InChI is InChI=1S/C19H24N4O2S/c1-24-15-4-2-13(3-5-15)16-10-26-18(21-16)23-12-19(25-17(23)20)11-22-8-6-14(19)7-9-22/h2-5,10,14,17H,6-9,11-12,20H2,1H3. The second-order valence-electron chi connectivity index (χ2n) is 7.50. The predicted octanol–water partition coefficient (Wildman–Crippen LogP) is 2.36. The van der Waals surface area contributed by atoms with Crippen molar-refractivity contribution in [3.8, 4) is 17.0 Å². The van der Waals surface area contributed by atoms with Gasteiger partial charge in [0.2, 0.25) is 0 Å². The van der Waals surface area contributed by atoms with Gasteiger partial charge in [-0.25, -0.2) is 4.98 Å². The van der Waals surface area contributed by atoms with Gasteiger partial charge in [0.05, 0.1) is 19.3 Å². The number of thiazole rings is 1. The molecule has 4 saturated heterocycles. The molecule has 2 unspecified atom stereocenters. The van der Waals surface area contributed by atoms with Crippen LogP contribution in [0.4, 0.5) is 5.13 Å². The van der Waals surface area contributed by atoms with Gasteiger partial charge >= 0.3 is 0 Å². The number of ether oxygens (including phenoxy) is 2. The molecule has 2 aromatic rings. The first kappa shape index (κ1) is 16.5. The lowest BCUT2D eigenvalue weighted by molar-refractivity contribution is -0.137. The molecule has 2 bridgehead atoms. The van der Waals surface area contributed by atoms with Gasteiger partial charge in [0, 0.05) is 17.5 Å². The van der Waals surface area contributed by atoms with Crippen LogP contribution in [0.1, 0.15) is 12.8 Å². The zero-order valence-electron chi connectivity index (χ0n) is 14.9. The van der Waals surface area contributed by atoms with E-state index in [2.05, 4.69) is 15.2 Å². The minimum Gasteiger partial charge on any atom is -0.497 e. The molecule has 26 heavy (non-hydrogen) atoms. The van der Waals surface area contributed by atoms with Crippen molar-refractivity contribution in [2.24, 2.45) is 11.7 Å². The Balaban J connectivity index is 1.38. The number of hydrogen-bond donors (Lipinski definition) is 1. The molecule has 0 saturated carbocycles. The van der Waals surface area contributed by atoms with Crippen molar-refractivity contribution in [1.82, 2.24) is 9.88 Å². The van der Waals surface area contributed by atoms with Gasteiger partial charge < -0.3 is 19.3 Å². The van der Waals surface area contributed by atoms with Gasteiger partial charge in [-0.15, -0.1) is 11.3 Å². The highest BCUT2D eigenvalue weighted by molar-refractivity contribution is 7.14. The van der Waals surface area contributed by atoms with E-state index in [4.69, 9.17) is 20.2 Å². The predicted molar refractivity (Wildman–Crippen MR) is 102 cm³/mol. The zero-order valence-corrected chi connectivity index (χ0v) is 15.7. The van der Waals surface area contributed by atoms with Crippen LogP contribution in [0, 0.1) is 5.92 Å². The molecule has 2 atom stereocenters. The number of piperidine rings is 3. The van der Waals surface area contributed by atoms with E-state index in [1.807, 2.05) is 24.3 Å². The van der Waals surface area contributed by atoms with E-state index in [1.54, 1.807) is 18.4 Å². The summed E-state index contributed by atoms with van der Waals surface area (Å²) in [5.41, 5.74) is 8.30. The number of hydrogen-bond acceptors (Lipinski definition) is 7. The molecule has 7 heteroatoms. The largest absolute Gasteiger partial charge is 0.497 e. The lowest BCUT2D eigenvalue weighted by Gasteiger charge is -2.50. The lowest BCUT2D eigenvalue weighted by atomic mass is 9.75. The van der Waals surface area contributed by atoms with Crippen LogP contribution in [0.2, 0.25) is 0 Å². The van der Waals surface area contributed by atoms with Crippen LogP contribution in [0.15, 0.2) is 29.6 Å². The average molecular weight is 372 g/mol. The molecule has 4 aliphatic heterocycles. The number of nitrogens with zero attached hydrogens (tertiary/aromatic N) is 3. The third-order valence-corrected chi connectivity index (χ3v) is 6.92. The van der Waals surface area contributed by atoms with Crippen LogP contribution in [0.3, 0.4) is 0 Å². The number of anilines is 1. The fraction of sp³-hybridized carbons (Fsp3) is 0.526. The van der Waals surface area contributed by atoms with E-state index < -0.39 is 6.35 Å². The van der Waals surface area contributed by atoms with Crippen molar-refractivity contribution in [2.75, 3.05) is 38.2 Å². The third kappa shape index (κ3) is 2.62. The Hall–Kier alpha value is -1.67. The molecule has 1 aromatic heterocycles. The van der Waals surface area contributed by atoms with E-state index in [9.17, 15) is 0 Å². The highest BCUT2D eigenvalue weighted by Gasteiger charge is 2.54. The fourth-order valence-electron chi connectivity index (χ4n) is 4.62. The molecule has 4 aliphatic rings. The Morgan fingerprint density at radius 2 is 2.00 bits per heavy atom. The highest BCUT2D eigenvalue weighted by Crippen LogP contribution is 2.44. The Kier molecular flexibility index (Phi) is 3.93. The van der Waals surface area contributed by atoms with E-state index in [1.165, 1.54) is 25.9 Å². The molecule has 6 nitrogen and oxygen atoms in total. The van der Waals surface area contributed by atoms with Crippen molar-refractivity contribution >= 4 is 16.5 Å². The van der Waals surface area contributed by atoms with Gasteiger partial charge in [-0.1, -0.05) is 0 Å². The maximum absolute atomic E-state index is 6.37. The van der Waals surface area contributed by atoms with Gasteiger partial charge in [-0.3, -0.25) is 5.73 Å². The zero-order chi connectivity index (χ0) is 17.7. The number of rotatable bonds is 3. The van der Waals surface area contributed by atoms with Crippen LogP contribution in [-0.4, -0.2) is 55.1 Å². The minimum atomic E-state index is -0.412. The number of methoxy groups -OCH3 is 1. The molecule has 0 radical (unpaired) electrons. The molecule has 5 heterocycles. The lowest BCUT2D eigenvalue weighted by Crippen LogP contribution is -2.61. The van der Waals surface area contributed by atoms with E-state index >= 15 is 0 Å². The Morgan fingerprint density at radius 1 is 1.23 bits per heavy atom. The summed E-state index contributed by atoms with van der Waals surface area (Å²) in [6.07, 6.45) is 2.02. The summed E-state index contributed by atoms with van der Waals surface area (Å²) in [7, 11) is 1.68. The molecular formula is C19H24N4O2S. The summed E-state index contributed by atoms with van der Waals surface area (Å²) in [6.45, 7) is 4.23. The Morgan fingerprint density at radius 3 is 2.65 bits per heavy atom. The molecule has 4 fully saturated rings. The first-order valence-electron chi connectivity index (χ1n) is 9.19. The molecule has 1 spiro atoms. The number of benzene rings is 1. The quantitative estimate of drug-likeness (QED) is 0.892. The monoisotopic (exact) mass is 372 g/mol. The van der Waals surface area contributed by atoms with Crippen LogP contribution in [0.25, 0.3) is 11.3 Å². The molecule has 2 N–H and O–H groups in total. The summed E-state index contributed by atoms with van der Waals surface area (Å²) in [5.74, 6) is 1.47. The van der Waals surface area contributed by atoms with Crippen molar-refractivity contribution in [3.05, 3.63) is 29.6 Å².